The molecule has 0 saturated heterocycles. The Bertz CT molecular complexity index is 379. The van der Waals surface area contributed by atoms with Gasteiger partial charge in [0.25, 0.3) is 0 Å². The summed E-state index contributed by atoms with van der Waals surface area (Å²) in [7, 11) is 0. The highest BCUT2D eigenvalue weighted by atomic mass is 16.1. The number of aryl methyl sites for hydroxylation is 2. The summed E-state index contributed by atoms with van der Waals surface area (Å²) in [6, 6.07) is 6.72. The number of carbonyl (C=O) groups is 1. The van der Waals surface area contributed by atoms with Gasteiger partial charge in [-0.05, 0) is 48.3 Å². The Morgan fingerprint density at radius 1 is 1.22 bits per heavy atom. The predicted octanol–water partition coefficient (Wildman–Crippen LogP) is 4.67. The fraction of sp³-hybridized carbons (Fsp3) is 0.588. The van der Waals surface area contributed by atoms with Crippen LogP contribution in [0.2, 0.25) is 0 Å². The quantitative estimate of drug-likeness (QED) is 0.639. The molecule has 0 aliphatic rings. The van der Waals surface area contributed by atoms with Gasteiger partial charge in [-0.1, -0.05) is 45.4 Å². The molecule has 0 fully saturated rings. The highest BCUT2D eigenvalue weighted by Gasteiger charge is 2.09. The van der Waals surface area contributed by atoms with Gasteiger partial charge < -0.3 is 4.79 Å². The second-order valence-electron chi connectivity index (χ2n) is 5.78. The number of benzene rings is 1. The van der Waals surface area contributed by atoms with Crippen molar-refractivity contribution in [2.75, 3.05) is 0 Å². The molecule has 0 amide bonds. The second kappa shape index (κ2) is 7.35. The van der Waals surface area contributed by atoms with E-state index in [9.17, 15) is 4.79 Å². The summed E-state index contributed by atoms with van der Waals surface area (Å²) in [6.07, 6.45) is 5.33. The minimum atomic E-state index is 0.340. The molecule has 0 radical (unpaired) electrons. The first-order valence-corrected chi connectivity index (χ1v) is 7.07. The molecule has 0 aliphatic heterocycles. The molecule has 0 heterocycles. The van der Waals surface area contributed by atoms with Crippen molar-refractivity contribution in [2.24, 2.45) is 5.92 Å². The van der Waals surface area contributed by atoms with E-state index < -0.39 is 0 Å². The minimum absolute atomic E-state index is 0.340. The monoisotopic (exact) mass is 246 g/mol. The predicted molar refractivity (Wildman–Crippen MR) is 78.1 cm³/mol. The largest absolute Gasteiger partial charge is 0.303 e. The molecule has 1 unspecified atom stereocenters. The molecule has 1 atom stereocenters. The fourth-order valence-electron chi connectivity index (χ4n) is 2.36. The first-order chi connectivity index (χ1) is 8.54. The van der Waals surface area contributed by atoms with Gasteiger partial charge in [0.2, 0.25) is 0 Å². The first-order valence-electron chi connectivity index (χ1n) is 7.07. The summed E-state index contributed by atoms with van der Waals surface area (Å²) < 4.78 is 0. The van der Waals surface area contributed by atoms with Gasteiger partial charge in [0.1, 0.15) is 6.29 Å². The molecule has 0 saturated carbocycles. The van der Waals surface area contributed by atoms with Gasteiger partial charge in [-0.15, -0.1) is 0 Å². The lowest BCUT2D eigenvalue weighted by molar-refractivity contribution is -0.108. The fourth-order valence-corrected chi connectivity index (χ4v) is 2.36. The van der Waals surface area contributed by atoms with Crippen molar-refractivity contribution < 1.29 is 4.79 Å². The average Bonchev–Trinajstić information content (AvgIpc) is 2.31. The van der Waals surface area contributed by atoms with Crippen molar-refractivity contribution in [1.29, 1.82) is 0 Å². The van der Waals surface area contributed by atoms with Crippen LogP contribution < -0.4 is 0 Å². The van der Waals surface area contributed by atoms with Crippen LogP contribution in [0, 0.1) is 12.8 Å². The number of hydrogen-bond acceptors (Lipinski definition) is 1. The average molecular weight is 246 g/mol. The zero-order chi connectivity index (χ0) is 13.5. The summed E-state index contributed by atoms with van der Waals surface area (Å²) >= 11 is 0. The topological polar surface area (TPSA) is 17.1 Å². The van der Waals surface area contributed by atoms with E-state index in [0.29, 0.717) is 12.3 Å². The van der Waals surface area contributed by atoms with Gasteiger partial charge in [-0.3, -0.25) is 0 Å². The normalized spacial score (nSPS) is 12.7. The lowest BCUT2D eigenvalue weighted by Crippen LogP contribution is -1.99. The molecule has 100 valence electrons. The van der Waals surface area contributed by atoms with Crippen LogP contribution >= 0.6 is 0 Å². The van der Waals surface area contributed by atoms with E-state index in [2.05, 4.69) is 45.9 Å². The zero-order valence-electron chi connectivity index (χ0n) is 12.2. The lowest BCUT2D eigenvalue weighted by atomic mass is 9.91. The van der Waals surface area contributed by atoms with E-state index in [1.165, 1.54) is 29.5 Å². The van der Waals surface area contributed by atoms with E-state index in [1.54, 1.807) is 0 Å². The van der Waals surface area contributed by atoms with Crippen LogP contribution in [0.25, 0.3) is 0 Å². The van der Waals surface area contributed by atoms with Gasteiger partial charge in [0, 0.05) is 6.42 Å². The van der Waals surface area contributed by atoms with E-state index >= 15 is 0 Å². The molecule has 0 aliphatic carbocycles. The second-order valence-corrected chi connectivity index (χ2v) is 5.78. The Hall–Kier alpha value is -1.11. The van der Waals surface area contributed by atoms with Crippen LogP contribution in [0.4, 0.5) is 0 Å². The van der Waals surface area contributed by atoms with Crippen LogP contribution in [0.15, 0.2) is 18.2 Å². The molecule has 1 rings (SSSR count). The summed E-state index contributed by atoms with van der Waals surface area (Å²) in [5.74, 6) is 1.12. The van der Waals surface area contributed by atoms with Gasteiger partial charge in [0.15, 0.2) is 0 Å². The number of rotatable bonds is 7. The van der Waals surface area contributed by atoms with Crippen molar-refractivity contribution in [3.05, 3.63) is 34.9 Å². The van der Waals surface area contributed by atoms with Crippen LogP contribution in [0.1, 0.15) is 62.6 Å². The highest BCUT2D eigenvalue weighted by molar-refractivity contribution is 5.52. The Kier molecular flexibility index (Phi) is 6.11. The summed E-state index contributed by atoms with van der Waals surface area (Å²) in [5, 5.41) is 0. The number of carbonyl (C=O) groups excluding carboxylic acids is 1. The van der Waals surface area contributed by atoms with E-state index in [0.717, 1.165) is 18.6 Å². The van der Waals surface area contributed by atoms with Gasteiger partial charge in [-0.25, -0.2) is 0 Å². The van der Waals surface area contributed by atoms with Gasteiger partial charge >= 0.3 is 0 Å². The molecule has 0 spiro atoms. The third kappa shape index (κ3) is 4.64. The van der Waals surface area contributed by atoms with Crippen LogP contribution in [-0.2, 0) is 11.2 Å². The smallest absolute Gasteiger partial charge is 0.120 e. The molecule has 0 bridgehead atoms. The molecule has 1 aromatic rings. The minimum Gasteiger partial charge on any atom is -0.303 e. The van der Waals surface area contributed by atoms with Crippen LogP contribution in [0.5, 0.6) is 0 Å². The summed E-state index contributed by atoms with van der Waals surface area (Å²) in [6.45, 7) is 8.81. The standard InChI is InChI=1S/C17H26O/c1-13(2)6-5-7-16-9-8-14(3)17(12-16)15(4)10-11-18/h8-9,11-13,15H,5-7,10H2,1-4H3. The Morgan fingerprint density at radius 2 is 1.94 bits per heavy atom. The molecule has 0 aromatic heterocycles. The molecule has 18 heavy (non-hydrogen) atoms. The van der Waals surface area contributed by atoms with Crippen LogP contribution in [-0.4, -0.2) is 6.29 Å². The lowest BCUT2D eigenvalue weighted by Gasteiger charge is -2.14. The molecule has 1 nitrogen and oxygen atoms in total. The summed E-state index contributed by atoms with van der Waals surface area (Å²) in [5.41, 5.74) is 4.05. The molecule has 0 N–H and O–H groups in total. The molecular weight excluding hydrogens is 220 g/mol. The van der Waals surface area contributed by atoms with Crippen LogP contribution in [0.3, 0.4) is 0 Å². The van der Waals surface area contributed by atoms with Crippen molar-refractivity contribution in [2.45, 2.75) is 59.3 Å². The van der Waals surface area contributed by atoms with Gasteiger partial charge in [0.05, 0.1) is 0 Å². The maximum Gasteiger partial charge on any atom is 0.120 e. The summed E-state index contributed by atoms with van der Waals surface area (Å²) in [4.78, 5) is 10.6. The number of hydrogen-bond donors (Lipinski definition) is 0. The Balaban J connectivity index is 2.70. The van der Waals surface area contributed by atoms with E-state index in [4.69, 9.17) is 0 Å². The molecule has 1 heteroatoms. The highest BCUT2D eigenvalue weighted by Crippen LogP contribution is 2.24. The Labute approximate surface area is 112 Å². The molecule has 1 aromatic carbocycles. The SMILES string of the molecule is Cc1ccc(CCCC(C)C)cc1C(C)CC=O. The van der Waals surface area contributed by atoms with Crippen molar-refractivity contribution in [3.8, 4) is 0 Å². The third-order valence-corrected chi connectivity index (χ3v) is 3.57. The van der Waals surface area contributed by atoms with E-state index in [1.807, 2.05) is 0 Å². The maximum absolute atomic E-state index is 10.6. The van der Waals surface area contributed by atoms with Gasteiger partial charge in [-0.2, -0.15) is 0 Å². The molecular formula is C17H26O. The zero-order valence-corrected chi connectivity index (χ0v) is 12.2. The Morgan fingerprint density at radius 3 is 2.56 bits per heavy atom. The van der Waals surface area contributed by atoms with Crippen molar-refractivity contribution in [1.82, 2.24) is 0 Å². The van der Waals surface area contributed by atoms with E-state index in [-0.39, 0.29) is 0 Å². The van der Waals surface area contributed by atoms with Crippen molar-refractivity contribution >= 4 is 6.29 Å². The number of aldehydes is 1. The van der Waals surface area contributed by atoms with Crippen molar-refractivity contribution in [3.63, 3.8) is 0 Å². The first kappa shape index (κ1) is 14.9. The third-order valence-electron chi connectivity index (χ3n) is 3.57. The maximum atomic E-state index is 10.6.